The van der Waals surface area contributed by atoms with Gasteiger partial charge in [0.05, 0.1) is 9.35 Å². The van der Waals surface area contributed by atoms with Gasteiger partial charge in [0.1, 0.15) is 5.54 Å². The number of halogens is 1. The van der Waals surface area contributed by atoms with E-state index in [4.69, 9.17) is 0 Å². The summed E-state index contributed by atoms with van der Waals surface area (Å²) in [6.45, 7) is 2.48. The highest BCUT2D eigenvalue weighted by Crippen LogP contribution is 2.36. The fourth-order valence-corrected chi connectivity index (χ4v) is 3.89. The van der Waals surface area contributed by atoms with Crippen molar-refractivity contribution in [3.8, 4) is 0 Å². The molecule has 0 radical (unpaired) electrons. The minimum atomic E-state index is -1.01. The summed E-state index contributed by atoms with van der Waals surface area (Å²) in [4.78, 5) is 25.7. The van der Waals surface area contributed by atoms with Crippen LogP contribution in [0.1, 0.15) is 43.0 Å². The highest BCUT2D eigenvalue weighted by Gasteiger charge is 2.49. The van der Waals surface area contributed by atoms with Crippen molar-refractivity contribution in [2.24, 2.45) is 0 Å². The molecule has 1 aliphatic heterocycles. The number of nitrogens with zero attached hydrogens (tertiary/aromatic N) is 1. The standard InChI is InChI=1S/C13H16BrNO3S/c1-2-4-13(12(17)18)5-3-6-15(13)11(16)9-7-10(14)19-8-9/h7-8H,2-6H2,1H3,(H,17,18). The number of carboxylic acids is 1. The van der Waals surface area contributed by atoms with E-state index in [9.17, 15) is 14.7 Å². The lowest BCUT2D eigenvalue weighted by Gasteiger charge is -2.34. The second-order valence-corrected chi connectivity index (χ2v) is 7.08. The molecule has 1 aromatic rings. The molecular weight excluding hydrogens is 330 g/mol. The first kappa shape index (κ1) is 14.5. The summed E-state index contributed by atoms with van der Waals surface area (Å²) in [5, 5.41) is 11.3. The van der Waals surface area contributed by atoms with Crippen LogP contribution < -0.4 is 0 Å². The van der Waals surface area contributed by atoms with Crippen LogP contribution in [-0.4, -0.2) is 34.0 Å². The maximum Gasteiger partial charge on any atom is 0.329 e. The zero-order chi connectivity index (χ0) is 14.0. The molecule has 1 saturated heterocycles. The molecular formula is C13H16BrNO3S. The molecule has 1 N–H and O–H groups in total. The quantitative estimate of drug-likeness (QED) is 0.909. The Bertz CT molecular complexity index is 502. The first-order valence-electron chi connectivity index (χ1n) is 6.30. The third kappa shape index (κ3) is 2.56. The van der Waals surface area contributed by atoms with Gasteiger partial charge in [0, 0.05) is 11.9 Å². The molecule has 1 amide bonds. The number of carbonyl (C=O) groups is 2. The Morgan fingerprint density at radius 1 is 1.58 bits per heavy atom. The molecule has 104 valence electrons. The van der Waals surface area contributed by atoms with Crippen molar-refractivity contribution in [2.45, 2.75) is 38.1 Å². The van der Waals surface area contributed by atoms with Gasteiger partial charge in [-0.1, -0.05) is 13.3 Å². The summed E-state index contributed by atoms with van der Waals surface area (Å²) in [6.07, 6.45) is 2.57. The van der Waals surface area contributed by atoms with Crippen LogP contribution in [0.4, 0.5) is 0 Å². The van der Waals surface area contributed by atoms with Crippen molar-refractivity contribution in [3.05, 3.63) is 20.8 Å². The van der Waals surface area contributed by atoms with E-state index in [1.165, 1.54) is 11.3 Å². The zero-order valence-corrected chi connectivity index (χ0v) is 13.1. The Morgan fingerprint density at radius 3 is 2.84 bits per heavy atom. The molecule has 1 fully saturated rings. The number of carbonyl (C=O) groups excluding carboxylic acids is 1. The van der Waals surface area contributed by atoms with E-state index < -0.39 is 11.5 Å². The zero-order valence-electron chi connectivity index (χ0n) is 10.7. The van der Waals surface area contributed by atoms with E-state index in [2.05, 4.69) is 15.9 Å². The number of rotatable bonds is 4. The van der Waals surface area contributed by atoms with Crippen molar-refractivity contribution in [1.29, 1.82) is 0 Å². The monoisotopic (exact) mass is 345 g/mol. The number of amides is 1. The first-order valence-corrected chi connectivity index (χ1v) is 7.98. The van der Waals surface area contributed by atoms with Crippen LogP contribution in [0.15, 0.2) is 15.2 Å². The predicted molar refractivity (Wildman–Crippen MR) is 77.6 cm³/mol. The van der Waals surface area contributed by atoms with E-state index in [0.29, 0.717) is 24.9 Å². The SMILES string of the molecule is CCCC1(C(=O)O)CCCN1C(=O)c1csc(Br)c1. The molecule has 0 spiro atoms. The molecule has 0 aromatic carbocycles. The fourth-order valence-electron chi connectivity index (χ4n) is 2.76. The topological polar surface area (TPSA) is 57.6 Å². The van der Waals surface area contributed by atoms with Crippen LogP contribution in [-0.2, 0) is 4.79 Å². The second kappa shape index (κ2) is 5.63. The third-order valence-corrected chi connectivity index (χ3v) is 5.11. The van der Waals surface area contributed by atoms with E-state index in [-0.39, 0.29) is 5.91 Å². The summed E-state index contributed by atoms with van der Waals surface area (Å²) in [7, 11) is 0. The van der Waals surface area contributed by atoms with Gasteiger partial charge < -0.3 is 10.0 Å². The van der Waals surface area contributed by atoms with Gasteiger partial charge in [0.2, 0.25) is 0 Å². The van der Waals surface area contributed by atoms with E-state index in [0.717, 1.165) is 16.6 Å². The van der Waals surface area contributed by atoms with Crippen molar-refractivity contribution in [1.82, 2.24) is 4.90 Å². The second-order valence-electron chi connectivity index (χ2n) is 4.79. The third-order valence-electron chi connectivity index (χ3n) is 3.61. The molecule has 19 heavy (non-hydrogen) atoms. The maximum atomic E-state index is 12.5. The Labute approximate surface area is 124 Å². The highest BCUT2D eigenvalue weighted by atomic mass is 79.9. The van der Waals surface area contributed by atoms with Gasteiger partial charge in [-0.3, -0.25) is 4.79 Å². The van der Waals surface area contributed by atoms with E-state index in [1.54, 1.807) is 16.3 Å². The van der Waals surface area contributed by atoms with Gasteiger partial charge in [0.25, 0.3) is 5.91 Å². The van der Waals surface area contributed by atoms with Crippen LogP contribution in [0, 0.1) is 0 Å². The molecule has 1 unspecified atom stereocenters. The van der Waals surface area contributed by atoms with Gasteiger partial charge in [-0.05, 0) is 41.3 Å². The van der Waals surface area contributed by atoms with Crippen molar-refractivity contribution in [2.75, 3.05) is 6.54 Å². The van der Waals surface area contributed by atoms with Gasteiger partial charge >= 0.3 is 5.97 Å². The van der Waals surface area contributed by atoms with Crippen molar-refractivity contribution in [3.63, 3.8) is 0 Å². The minimum Gasteiger partial charge on any atom is -0.479 e. The Balaban J connectivity index is 2.31. The largest absolute Gasteiger partial charge is 0.479 e. The molecule has 2 heterocycles. The molecule has 2 rings (SSSR count). The number of hydrogen-bond donors (Lipinski definition) is 1. The molecule has 4 nitrogen and oxygen atoms in total. The summed E-state index contributed by atoms with van der Waals surface area (Å²) in [5.74, 6) is -1.05. The van der Waals surface area contributed by atoms with Gasteiger partial charge in [-0.2, -0.15) is 0 Å². The fraction of sp³-hybridized carbons (Fsp3) is 0.538. The number of hydrogen-bond acceptors (Lipinski definition) is 3. The normalized spacial score (nSPS) is 22.7. The van der Waals surface area contributed by atoms with Crippen LogP contribution in [0.3, 0.4) is 0 Å². The molecule has 6 heteroatoms. The van der Waals surface area contributed by atoms with E-state index >= 15 is 0 Å². The maximum absolute atomic E-state index is 12.5. The van der Waals surface area contributed by atoms with Crippen LogP contribution >= 0.6 is 27.3 Å². The average Bonchev–Trinajstić information content (AvgIpc) is 2.96. The molecule has 0 saturated carbocycles. The van der Waals surface area contributed by atoms with Gasteiger partial charge in [-0.15, -0.1) is 11.3 Å². The Kier molecular flexibility index (Phi) is 4.30. The highest BCUT2D eigenvalue weighted by molar-refractivity contribution is 9.11. The van der Waals surface area contributed by atoms with Gasteiger partial charge in [-0.25, -0.2) is 4.79 Å². The Morgan fingerprint density at radius 2 is 2.32 bits per heavy atom. The Hall–Kier alpha value is -0.880. The molecule has 0 bridgehead atoms. The average molecular weight is 346 g/mol. The number of likely N-dealkylation sites (tertiary alicyclic amines) is 1. The number of aliphatic carboxylic acids is 1. The molecule has 0 aliphatic carbocycles. The predicted octanol–water partition coefficient (Wildman–Crippen LogP) is 3.37. The lowest BCUT2D eigenvalue weighted by Crippen LogP contribution is -2.53. The number of carboxylic acid groups (broad SMARTS) is 1. The van der Waals surface area contributed by atoms with Crippen LogP contribution in [0.5, 0.6) is 0 Å². The van der Waals surface area contributed by atoms with Crippen LogP contribution in [0.2, 0.25) is 0 Å². The molecule has 1 aromatic heterocycles. The lowest BCUT2D eigenvalue weighted by atomic mass is 9.90. The summed E-state index contributed by atoms with van der Waals surface area (Å²) in [5.41, 5.74) is -0.444. The summed E-state index contributed by atoms with van der Waals surface area (Å²) >= 11 is 4.76. The van der Waals surface area contributed by atoms with Crippen molar-refractivity contribution >= 4 is 39.1 Å². The first-order chi connectivity index (χ1) is 9.01. The smallest absolute Gasteiger partial charge is 0.329 e. The molecule has 1 aliphatic rings. The van der Waals surface area contributed by atoms with E-state index in [1.807, 2.05) is 6.92 Å². The van der Waals surface area contributed by atoms with Crippen LogP contribution in [0.25, 0.3) is 0 Å². The lowest BCUT2D eigenvalue weighted by molar-refractivity contribution is -0.148. The number of thiophene rings is 1. The minimum absolute atomic E-state index is 0.171. The summed E-state index contributed by atoms with van der Waals surface area (Å²) in [6, 6.07) is 1.75. The van der Waals surface area contributed by atoms with Gasteiger partial charge in [0.15, 0.2) is 0 Å². The van der Waals surface area contributed by atoms with Crippen molar-refractivity contribution < 1.29 is 14.7 Å². The molecule has 1 atom stereocenters. The summed E-state index contributed by atoms with van der Waals surface area (Å²) < 4.78 is 0.881.